The van der Waals surface area contributed by atoms with Crippen molar-refractivity contribution in [2.45, 2.75) is 26.3 Å². The van der Waals surface area contributed by atoms with E-state index in [1.807, 2.05) is 13.1 Å². The van der Waals surface area contributed by atoms with Crippen LogP contribution in [0.4, 0.5) is 11.6 Å². The van der Waals surface area contributed by atoms with Gasteiger partial charge in [-0.2, -0.15) is 0 Å². The van der Waals surface area contributed by atoms with E-state index in [1.54, 1.807) is 11.3 Å². The Morgan fingerprint density at radius 3 is 2.74 bits per heavy atom. The van der Waals surface area contributed by atoms with Gasteiger partial charge in [-0.1, -0.05) is 6.92 Å². The Labute approximate surface area is 124 Å². The van der Waals surface area contributed by atoms with Crippen LogP contribution in [0.3, 0.4) is 0 Å². The number of hydrogen-bond acceptors (Lipinski definition) is 7. The van der Waals surface area contributed by atoms with Crippen LogP contribution >= 0.6 is 27.3 Å². The zero-order valence-electron chi connectivity index (χ0n) is 10.6. The largest absolute Gasteiger partial charge is 0.360 e. The van der Waals surface area contributed by atoms with E-state index in [9.17, 15) is 0 Å². The van der Waals surface area contributed by atoms with Gasteiger partial charge in [-0.05, 0) is 29.3 Å². The predicted molar refractivity (Wildman–Crippen MR) is 81.1 cm³/mol. The second-order valence-electron chi connectivity index (χ2n) is 3.91. The fourth-order valence-electron chi connectivity index (χ4n) is 1.52. The summed E-state index contributed by atoms with van der Waals surface area (Å²) < 4.78 is 0.705. The summed E-state index contributed by atoms with van der Waals surface area (Å²) in [6.07, 6.45) is 4.37. The molecule has 1 unspecified atom stereocenters. The zero-order chi connectivity index (χ0) is 13.8. The van der Waals surface area contributed by atoms with Crippen LogP contribution < -0.4 is 16.6 Å². The number of hydrazine groups is 1. The van der Waals surface area contributed by atoms with Crippen molar-refractivity contribution in [1.82, 2.24) is 15.0 Å². The highest BCUT2D eigenvalue weighted by molar-refractivity contribution is 9.10. The van der Waals surface area contributed by atoms with Crippen molar-refractivity contribution in [2.75, 3.05) is 10.7 Å². The molecule has 2 rings (SSSR count). The third-order valence-corrected chi connectivity index (χ3v) is 4.65. The van der Waals surface area contributed by atoms with Crippen LogP contribution in [0.25, 0.3) is 0 Å². The number of nitrogens with two attached hydrogens (primary N) is 1. The summed E-state index contributed by atoms with van der Waals surface area (Å²) in [7, 11) is 0. The van der Waals surface area contributed by atoms with Crippen LogP contribution in [0.5, 0.6) is 0 Å². The van der Waals surface area contributed by atoms with Crippen molar-refractivity contribution in [1.29, 1.82) is 0 Å². The van der Waals surface area contributed by atoms with Gasteiger partial charge in [0.15, 0.2) is 5.82 Å². The smallest absolute Gasteiger partial charge is 0.159 e. The molecule has 2 heterocycles. The average Bonchev–Trinajstić information content (AvgIpc) is 2.90. The molecule has 0 amide bonds. The van der Waals surface area contributed by atoms with Gasteiger partial charge in [0.2, 0.25) is 0 Å². The minimum absolute atomic E-state index is 0.0714. The summed E-state index contributed by atoms with van der Waals surface area (Å²) in [5, 5.41) is 4.33. The van der Waals surface area contributed by atoms with Gasteiger partial charge < -0.3 is 10.7 Å². The zero-order valence-corrected chi connectivity index (χ0v) is 13.0. The molecular formula is C11H15BrN6S. The lowest BCUT2D eigenvalue weighted by atomic mass is 10.3. The second-order valence-corrected chi connectivity index (χ2v) is 5.85. The summed E-state index contributed by atoms with van der Waals surface area (Å²) in [5.74, 6) is 6.60. The van der Waals surface area contributed by atoms with Gasteiger partial charge in [-0.15, -0.1) is 11.3 Å². The molecule has 0 aliphatic heterocycles. The highest BCUT2D eigenvalue weighted by atomic mass is 79.9. The van der Waals surface area contributed by atoms with Gasteiger partial charge in [0.25, 0.3) is 0 Å². The highest BCUT2D eigenvalue weighted by Gasteiger charge is 2.14. The van der Waals surface area contributed by atoms with Gasteiger partial charge in [0.1, 0.15) is 21.6 Å². The van der Waals surface area contributed by atoms with Crippen LogP contribution in [-0.4, -0.2) is 15.0 Å². The molecule has 2 aromatic heterocycles. The van der Waals surface area contributed by atoms with Gasteiger partial charge in [-0.3, -0.25) is 0 Å². The Kier molecular flexibility index (Phi) is 4.67. The van der Waals surface area contributed by atoms with Crippen molar-refractivity contribution in [2.24, 2.45) is 5.84 Å². The molecule has 0 fully saturated rings. The SMILES string of the molecule is CCc1cnc(C(C)Nc2ncnc(NN)c2Br)s1. The van der Waals surface area contributed by atoms with E-state index < -0.39 is 0 Å². The lowest BCUT2D eigenvalue weighted by Crippen LogP contribution is -2.13. The number of nitrogen functional groups attached to an aromatic ring is 1. The number of nitrogens with one attached hydrogen (secondary N) is 2. The van der Waals surface area contributed by atoms with Crippen molar-refractivity contribution in [3.8, 4) is 0 Å². The van der Waals surface area contributed by atoms with Crippen LogP contribution in [0.2, 0.25) is 0 Å². The minimum atomic E-state index is 0.0714. The molecule has 0 radical (unpaired) electrons. The Morgan fingerprint density at radius 2 is 2.11 bits per heavy atom. The number of hydrogen-bond donors (Lipinski definition) is 3. The number of anilines is 2. The maximum absolute atomic E-state index is 5.37. The number of halogens is 1. The van der Waals surface area contributed by atoms with Crippen molar-refractivity contribution < 1.29 is 0 Å². The highest BCUT2D eigenvalue weighted by Crippen LogP contribution is 2.30. The van der Waals surface area contributed by atoms with E-state index in [-0.39, 0.29) is 6.04 Å². The maximum Gasteiger partial charge on any atom is 0.159 e. The molecule has 0 aliphatic rings. The number of thiazole rings is 1. The van der Waals surface area contributed by atoms with Gasteiger partial charge in [-0.25, -0.2) is 20.8 Å². The van der Waals surface area contributed by atoms with E-state index in [1.165, 1.54) is 11.2 Å². The van der Waals surface area contributed by atoms with Crippen LogP contribution in [-0.2, 0) is 6.42 Å². The molecule has 102 valence electrons. The molecule has 0 spiro atoms. The minimum Gasteiger partial charge on any atom is -0.360 e. The molecule has 2 aromatic rings. The monoisotopic (exact) mass is 342 g/mol. The summed E-state index contributed by atoms with van der Waals surface area (Å²) in [6, 6.07) is 0.0714. The third kappa shape index (κ3) is 3.20. The lowest BCUT2D eigenvalue weighted by Gasteiger charge is -2.14. The Hall–Kier alpha value is -1.25. The fourth-order valence-corrected chi connectivity index (χ4v) is 2.82. The second kappa shape index (κ2) is 6.27. The van der Waals surface area contributed by atoms with Crippen molar-refractivity contribution >= 4 is 38.9 Å². The number of rotatable bonds is 5. The molecule has 6 nitrogen and oxygen atoms in total. The van der Waals surface area contributed by atoms with Gasteiger partial charge in [0, 0.05) is 11.1 Å². The fraction of sp³-hybridized carbons (Fsp3) is 0.364. The number of nitrogens with zero attached hydrogens (tertiary/aromatic N) is 3. The molecule has 1 atom stereocenters. The molecule has 0 saturated carbocycles. The first-order chi connectivity index (χ1) is 9.15. The van der Waals surface area contributed by atoms with Crippen LogP contribution in [0.15, 0.2) is 17.0 Å². The van der Waals surface area contributed by atoms with Gasteiger partial charge in [0.05, 0.1) is 6.04 Å². The molecule has 4 N–H and O–H groups in total. The van der Waals surface area contributed by atoms with Gasteiger partial charge >= 0.3 is 0 Å². The Morgan fingerprint density at radius 1 is 1.37 bits per heavy atom. The lowest BCUT2D eigenvalue weighted by molar-refractivity contribution is 0.856. The maximum atomic E-state index is 5.37. The number of aryl methyl sites for hydroxylation is 1. The first kappa shape index (κ1) is 14.2. The Bertz CT molecular complexity index is 558. The van der Waals surface area contributed by atoms with Crippen LogP contribution in [0, 0.1) is 0 Å². The molecule has 8 heteroatoms. The van der Waals surface area contributed by atoms with Crippen molar-refractivity contribution in [3.05, 3.63) is 26.9 Å². The van der Waals surface area contributed by atoms with E-state index in [4.69, 9.17) is 5.84 Å². The first-order valence-corrected chi connectivity index (χ1v) is 7.44. The average molecular weight is 343 g/mol. The quantitative estimate of drug-likeness (QED) is 0.571. The summed E-state index contributed by atoms with van der Waals surface area (Å²) in [4.78, 5) is 13.9. The normalized spacial score (nSPS) is 12.2. The molecule has 0 bridgehead atoms. The van der Waals surface area contributed by atoms with E-state index in [2.05, 4.69) is 48.5 Å². The van der Waals surface area contributed by atoms with E-state index in [0.717, 1.165) is 11.4 Å². The Balaban J connectivity index is 2.16. The van der Waals surface area contributed by atoms with E-state index in [0.29, 0.717) is 16.1 Å². The summed E-state index contributed by atoms with van der Waals surface area (Å²) in [6.45, 7) is 4.16. The summed E-state index contributed by atoms with van der Waals surface area (Å²) >= 11 is 5.12. The van der Waals surface area contributed by atoms with E-state index >= 15 is 0 Å². The molecule has 0 saturated heterocycles. The van der Waals surface area contributed by atoms with Crippen LogP contribution in [0.1, 0.15) is 29.8 Å². The molecule has 0 aromatic carbocycles. The van der Waals surface area contributed by atoms with Crippen molar-refractivity contribution in [3.63, 3.8) is 0 Å². The molecule has 19 heavy (non-hydrogen) atoms. The molecular weight excluding hydrogens is 328 g/mol. The molecule has 0 aliphatic carbocycles. The predicted octanol–water partition coefficient (Wildman–Crippen LogP) is 2.72. The summed E-state index contributed by atoms with van der Waals surface area (Å²) in [5.41, 5.74) is 2.51. The standard InChI is InChI=1S/C11H15BrN6S/c1-3-7-4-14-11(19-7)6(2)17-9-8(12)10(18-13)16-5-15-9/h4-6H,3,13H2,1-2H3,(H2,15,16,17,18). The first-order valence-electron chi connectivity index (χ1n) is 5.84. The topological polar surface area (TPSA) is 88.8 Å². The number of aromatic nitrogens is 3. The third-order valence-electron chi connectivity index (χ3n) is 2.57.